The first kappa shape index (κ1) is 18.3. The third-order valence-electron chi connectivity index (χ3n) is 5.30. The Morgan fingerprint density at radius 3 is 2.86 bits per heavy atom. The number of carbonyl (C=O) groups excluding carboxylic acids is 1. The largest absolute Gasteiger partial charge is 0.350 e. The Bertz CT molecular complexity index is 1040. The maximum absolute atomic E-state index is 13.7. The van der Waals surface area contributed by atoms with E-state index in [2.05, 4.69) is 15.3 Å². The van der Waals surface area contributed by atoms with Crippen molar-refractivity contribution in [1.29, 1.82) is 0 Å². The molecule has 0 saturated carbocycles. The van der Waals surface area contributed by atoms with Gasteiger partial charge in [-0.3, -0.25) is 4.79 Å². The fourth-order valence-corrected chi connectivity index (χ4v) is 3.68. The lowest BCUT2D eigenvalue weighted by molar-refractivity contribution is -0.122. The Morgan fingerprint density at radius 1 is 1.21 bits per heavy atom. The molecule has 4 rings (SSSR count). The standard InChI is InChI=1S/C22H23FN4O/c1-14-9-10-16(12-18(14)23)13-24-21(28)20-8-5-11-27(20)22-25-15(2)17-6-3-4-7-19(17)26-22/h3-4,6-7,9-10,12,20H,5,8,11,13H2,1-2H3,(H,24,28). The van der Waals surface area contributed by atoms with Gasteiger partial charge in [0.15, 0.2) is 0 Å². The molecule has 1 fully saturated rings. The van der Waals surface area contributed by atoms with E-state index in [4.69, 9.17) is 0 Å². The van der Waals surface area contributed by atoms with Gasteiger partial charge in [-0.1, -0.05) is 30.3 Å². The van der Waals surface area contributed by atoms with Crippen molar-refractivity contribution < 1.29 is 9.18 Å². The molecule has 3 aromatic rings. The van der Waals surface area contributed by atoms with Crippen LogP contribution in [0.5, 0.6) is 0 Å². The number of nitrogens with one attached hydrogen (secondary N) is 1. The van der Waals surface area contributed by atoms with Gasteiger partial charge in [0, 0.05) is 18.5 Å². The van der Waals surface area contributed by atoms with E-state index in [1.165, 1.54) is 6.07 Å². The van der Waals surface area contributed by atoms with E-state index in [1.807, 2.05) is 42.2 Å². The molecule has 5 nitrogen and oxygen atoms in total. The van der Waals surface area contributed by atoms with Crippen molar-refractivity contribution in [3.8, 4) is 0 Å². The van der Waals surface area contributed by atoms with Crippen molar-refractivity contribution in [3.05, 3.63) is 65.1 Å². The Morgan fingerprint density at radius 2 is 2.04 bits per heavy atom. The number of para-hydroxylation sites is 1. The van der Waals surface area contributed by atoms with E-state index in [9.17, 15) is 9.18 Å². The van der Waals surface area contributed by atoms with Crippen LogP contribution in [0, 0.1) is 19.7 Å². The molecule has 2 aromatic carbocycles. The summed E-state index contributed by atoms with van der Waals surface area (Å²) in [4.78, 5) is 24.1. The highest BCUT2D eigenvalue weighted by Gasteiger charge is 2.32. The third-order valence-corrected chi connectivity index (χ3v) is 5.30. The van der Waals surface area contributed by atoms with Gasteiger partial charge in [0.05, 0.1) is 11.2 Å². The highest BCUT2D eigenvalue weighted by Crippen LogP contribution is 2.25. The van der Waals surface area contributed by atoms with Crippen LogP contribution in [0.2, 0.25) is 0 Å². The SMILES string of the molecule is Cc1ccc(CNC(=O)C2CCCN2c2nc(C)c3ccccc3n2)cc1F. The molecule has 1 unspecified atom stereocenters. The zero-order valence-corrected chi connectivity index (χ0v) is 16.1. The van der Waals surface area contributed by atoms with Gasteiger partial charge in [0.1, 0.15) is 11.9 Å². The van der Waals surface area contributed by atoms with Crippen molar-refractivity contribution in [2.24, 2.45) is 0 Å². The summed E-state index contributed by atoms with van der Waals surface area (Å²) in [6.07, 6.45) is 1.66. The Labute approximate surface area is 163 Å². The smallest absolute Gasteiger partial charge is 0.243 e. The average Bonchev–Trinajstić information content (AvgIpc) is 3.19. The van der Waals surface area contributed by atoms with Crippen LogP contribution in [0.25, 0.3) is 10.9 Å². The average molecular weight is 378 g/mol. The van der Waals surface area contributed by atoms with E-state index in [1.54, 1.807) is 13.0 Å². The molecule has 0 radical (unpaired) electrons. The first-order valence-electron chi connectivity index (χ1n) is 9.55. The van der Waals surface area contributed by atoms with E-state index in [-0.39, 0.29) is 17.8 Å². The molecule has 28 heavy (non-hydrogen) atoms. The van der Waals surface area contributed by atoms with Gasteiger partial charge in [-0.05, 0) is 49.9 Å². The molecule has 2 heterocycles. The normalized spacial score (nSPS) is 16.5. The van der Waals surface area contributed by atoms with E-state index >= 15 is 0 Å². The highest BCUT2D eigenvalue weighted by atomic mass is 19.1. The van der Waals surface area contributed by atoms with E-state index < -0.39 is 0 Å². The molecule has 1 saturated heterocycles. The molecule has 1 N–H and O–H groups in total. The number of hydrogen-bond donors (Lipinski definition) is 1. The van der Waals surface area contributed by atoms with Crippen LogP contribution in [0.4, 0.5) is 10.3 Å². The fraction of sp³-hybridized carbons (Fsp3) is 0.318. The van der Waals surface area contributed by atoms with E-state index in [0.29, 0.717) is 18.1 Å². The molecular weight excluding hydrogens is 355 g/mol. The summed E-state index contributed by atoms with van der Waals surface area (Å²) in [7, 11) is 0. The van der Waals surface area contributed by atoms with Gasteiger partial charge in [0.25, 0.3) is 0 Å². The molecule has 0 spiro atoms. The number of hydrogen-bond acceptors (Lipinski definition) is 4. The molecule has 1 aromatic heterocycles. The number of halogens is 1. The van der Waals surface area contributed by atoms with Crippen molar-refractivity contribution in [2.75, 3.05) is 11.4 Å². The van der Waals surface area contributed by atoms with Gasteiger partial charge in [-0.25, -0.2) is 14.4 Å². The zero-order chi connectivity index (χ0) is 19.7. The summed E-state index contributed by atoms with van der Waals surface area (Å²) < 4.78 is 13.7. The lowest BCUT2D eigenvalue weighted by Gasteiger charge is -2.24. The van der Waals surface area contributed by atoms with Crippen LogP contribution in [0.1, 0.15) is 29.7 Å². The van der Waals surface area contributed by atoms with Gasteiger partial charge in [-0.15, -0.1) is 0 Å². The topological polar surface area (TPSA) is 58.1 Å². The molecule has 1 amide bonds. The van der Waals surface area contributed by atoms with Crippen LogP contribution in [-0.4, -0.2) is 28.5 Å². The Hall–Kier alpha value is -3.02. The summed E-state index contributed by atoms with van der Waals surface area (Å²) in [5.74, 6) is 0.261. The van der Waals surface area contributed by atoms with E-state index in [0.717, 1.165) is 41.5 Å². The van der Waals surface area contributed by atoms with Crippen molar-refractivity contribution in [1.82, 2.24) is 15.3 Å². The second-order valence-electron chi connectivity index (χ2n) is 7.28. The van der Waals surface area contributed by atoms with Crippen LogP contribution < -0.4 is 10.2 Å². The minimum atomic E-state index is -0.309. The van der Waals surface area contributed by atoms with Gasteiger partial charge in [0.2, 0.25) is 11.9 Å². The number of fused-ring (bicyclic) bond motifs is 1. The number of benzene rings is 2. The number of rotatable bonds is 4. The van der Waals surface area contributed by atoms with Gasteiger partial charge >= 0.3 is 0 Å². The zero-order valence-electron chi connectivity index (χ0n) is 16.1. The minimum absolute atomic E-state index is 0.0760. The first-order valence-corrected chi connectivity index (χ1v) is 9.55. The lowest BCUT2D eigenvalue weighted by Crippen LogP contribution is -2.43. The van der Waals surface area contributed by atoms with Gasteiger partial charge in [-0.2, -0.15) is 0 Å². The lowest BCUT2D eigenvalue weighted by atomic mass is 10.1. The van der Waals surface area contributed by atoms with Crippen LogP contribution in [0.15, 0.2) is 42.5 Å². The predicted octanol–water partition coefficient (Wildman–Crippen LogP) is 3.67. The molecule has 1 aliphatic rings. The Balaban J connectivity index is 1.51. The number of aromatic nitrogens is 2. The number of anilines is 1. The van der Waals surface area contributed by atoms with Crippen LogP contribution in [-0.2, 0) is 11.3 Å². The number of aryl methyl sites for hydroxylation is 2. The van der Waals surface area contributed by atoms with Crippen molar-refractivity contribution >= 4 is 22.8 Å². The summed E-state index contributed by atoms with van der Waals surface area (Å²) in [6.45, 7) is 4.73. The highest BCUT2D eigenvalue weighted by molar-refractivity contribution is 5.86. The first-order chi connectivity index (χ1) is 13.5. The predicted molar refractivity (Wildman–Crippen MR) is 108 cm³/mol. The van der Waals surface area contributed by atoms with Crippen molar-refractivity contribution in [2.45, 2.75) is 39.3 Å². The third kappa shape index (κ3) is 3.54. The molecule has 0 aliphatic carbocycles. The quantitative estimate of drug-likeness (QED) is 0.753. The number of amides is 1. The maximum atomic E-state index is 13.7. The van der Waals surface area contributed by atoms with Gasteiger partial charge < -0.3 is 10.2 Å². The molecule has 0 bridgehead atoms. The van der Waals surface area contributed by atoms with Crippen molar-refractivity contribution in [3.63, 3.8) is 0 Å². The maximum Gasteiger partial charge on any atom is 0.243 e. The summed E-state index contributed by atoms with van der Waals surface area (Å²) in [6, 6.07) is 12.6. The second kappa shape index (κ2) is 7.54. The molecular formula is C22H23FN4O. The second-order valence-corrected chi connectivity index (χ2v) is 7.28. The monoisotopic (exact) mass is 378 g/mol. The van der Waals surface area contributed by atoms with Crippen LogP contribution >= 0.6 is 0 Å². The number of nitrogens with zero attached hydrogens (tertiary/aromatic N) is 3. The summed E-state index contributed by atoms with van der Waals surface area (Å²) in [5, 5.41) is 3.96. The fourth-order valence-electron chi connectivity index (χ4n) is 3.68. The molecule has 144 valence electrons. The number of carbonyl (C=O) groups is 1. The molecule has 1 atom stereocenters. The summed E-state index contributed by atoms with van der Waals surface area (Å²) >= 11 is 0. The summed E-state index contributed by atoms with van der Waals surface area (Å²) in [5.41, 5.74) is 3.13. The molecule has 1 aliphatic heterocycles. The molecule has 6 heteroatoms. The Kier molecular flexibility index (Phi) is 4.94. The minimum Gasteiger partial charge on any atom is -0.350 e. The van der Waals surface area contributed by atoms with Crippen LogP contribution in [0.3, 0.4) is 0 Å².